The van der Waals surface area contributed by atoms with Crippen LogP contribution in [0, 0.1) is 6.92 Å². The molecular weight excluding hydrogens is 288 g/mol. The van der Waals surface area contributed by atoms with Crippen molar-refractivity contribution in [3.63, 3.8) is 0 Å². The van der Waals surface area contributed by atoms with Gasteiger partial charge in [-0.3, -0.25) is 0 Å². The summed E-state index contributed by atoms with van der Waals surface area (Å²) >= 11 is 3.36. The lowest BCUT2D eigenvalue weighted by atomic mass is 10.1. The van der Waals surface area contributed by atoms with Gasteiger partial charge in [-0.1, -0.05) is 29.8 Å². The first-order chi connectivity index (χ1) is 9.62. The predicted octanol–water partition coefficient (Wildman–Crippen LogP) is 4.51. The topological polar surface area (TPSA) is 26.3 Å². The highest BCUT2D eigenvalue weighted by atomic mass is 32.2. The summed E-state index contributed by atoms with van der Waals surface area (Å²) in [6.45, 7) is 4.26. The zero-order valence-electron chi connectivity index (χ0n) is 12.3. The van der Waals surface area contributed by atoms with Crippen molar-refractivity contribution in [1.82, 2.24) is 0 Å². The Morgan fingerprint density at radius 2 is 1.75 bits per heavy atom. The Morgan fingerprint density at radius 1 is 1.15 bits per heavy atom. The van der Waals surface area contributed by atoms with Gasteiger partial charge in [0.2, 0.25) is 0 Å². The number of carbonyl (C=O) groups is 1. The molecule has 0 unspecified atom stereocenters. The molecule has 0 aliphatic carbocycles. The Morgan fingerprint density at radius 3 is 2.25 bits per heavy atom. The van der Waals surface area contributed by atoms with Crippen molar-refractivity contribution in [3.05, 3.63) is 51.8 Å². The van der Waals surface area contributed by atoms with Crippen LogP contribution in [-0.2, 0) is 9.53 Å². The summed E-state index contributed by atoms with van der Waals surface area (Å²) in [4.78, 5) is 11.5. The molecule has 0 aliphatic heterocycles. The summed E-state index contributed by atoms with van der Waals surface area (Å²) in [7, 11) is 0. The molecule has 2 nitrogen and oxygen atoms in total. The highest BCUT2D eigenvalue weighted by molar-refractivity contribution is 8.21. The van der Waals surface area contributed by atoms with E-state index in [-0.39, 0.29) is 5.97 Å². The van der Waals surface area contributed by atoms with Crippen molar-refractivity contribution >= 4 is 35.1 Å². The van der Waals surface area contributed by atoms with Crippen LogP contribution in [0.1, 0.15) is 18.1 Å². The molecule has 0 N–H and O–H groups in total. The standard InChI is InChI=1S/C16H20O2S2/c1-5-18-15(17)11-10-14(16(19-3)20-4)13-8-6-12(2)7-9-13/h6-11H,5H2,1-4H3/b11-10-. The molecule has 0 heterocycles. The molecule has 0 fully saturated rings. The Bertz CT molecular complexity index is 496. The molecule has 108 valence electrons. The normalized spacial score (nSPS) is 10.6. The third kappa shape index (κ3) is 5.10. The van der Waals surface area contributed by atoms with Crippen LogP contribution >= 0.6 is 23.5 Å². The third-order valence-electron chi connectivity index (χ3n) is 2.63. The van der Waals surface area contributed by atoms with Crippen molar-refractivity contribution in [2.45, 2.75) is 13.8 Å². The van der Waals surface area contributed by atoms with Gasteiger partial charge in [-0.05, 0) is 38.0 Å². The third-order valence-corrected chi connectivity index (χ3v) is 4.81. The van der Waals surface area contributed by atoms with Gasteiger partial charge in [-0.2, -0.15) is 0 Å². The van der Waals surface area contributed by atoms with Crippen LogP contribution in [0.4, 0.5) is 0 Å². The molecule has 4 heteroatoms. The summed E-state index contributed by atoms with van der Waals surface area (Å²) < 4.78 is 6.11. The van der Waals surface area contributed by atoms with E-state index >= 15 is 0 Å². The Labute approximate surface area is 129 Å². The number of thioether (sulfide) groups is 2. The number of hydrogen-bond donors (Lipinski definition) is 0. The van der Waals surface area contributed by atoms with Gasteiger partial charge in [0.05, 0.1) is 6.61 Å². The highest BCUT2D eigenvalue weighted by Gasteiger charge is 2.06. The first-order valence-electron chi connectivity index (χ1n) is 6.36. The molecule has 0 amide bonds. The van der Waals surface area contributed by atoms with Crippen molar-refractivity contribution in [2.75, 3.05) is 19.1 Å². The first-order valence-corrected chi connectivity index (χ1v) is 8.81. The maximum atomic E-state index is 11.5. The fourth-order valence-electron chi connectivity index (χ4n) is 1.66. The average Bonchev–Trinajstić information content (AvgIpc) is 2.45. The molecule has 0 aromatic heterocycles. The Balaban J connectivity index is 3.13. The molecule has 0 saturated heterocycles. The van der Waals surface area contributed by atoms with Crippen LogP contribution in [0.2, 0.25) is 0 Å². The smallest absolute Gasteiger partial charge is 0.330 e. The first kappa shape index (κ1) is 16.9. The highest BCUT2D eigenvalue weighted by Crippen LogP contribution is 2.33. The molecule has 0 atom stereocenters. The molecule has 0 radical (unpaired) electrons. The second-order valence-corrected chi connectivity index (χ2v) is 5.95. The van der Waals surface area contributed by atoms with E-state index in [0.29, 0.717) is 6.61 Å². The Hall–Kier alpha value is -1.13. The molecule has 0 spiro atoms. The van der Waals surface area contributed by atoms with Crippen molar-refractivity contribution < 1.29 is 9.53 Å². The Kier molecular flexibility index (Phi) is 7.55. The minimum atomic E-state index is -0.307. The van der Waals surface area contributed by atoms with Gasteiger partial charge < -0.3 is 4.74 Å². The summed E-state index contributed by atoms with van der Waals surface area (Å²) in [6, 6.07) is 8.30. The average molecular weight is 308 g/mol. The van der Waals surface area contributed by atoms with E-state index in [2.05, 4.69) is 31.2 Å². The number of allylic oxidation sites excluding steroid dienone is 2. The van der Waals surface area contributed by atoms with Gasteiger partial charge in [0, 0.05) is 15.9 Å². The van der Waals surface area contributed by atoms with Crippen molar-refractivity contribution in [2.24, 2.45) is 0 Å². The summed E-state index contributed by atoms with van der Waals surface area (Å²) in [5.41, 5.74) is 3.38. The van der Waals surface area contributed by atoms with Crippen LogP contribution in [0.25, 0.3) is 5.57 Å². The van der Waals surface area contributed by atoms with Crippen LogP contribution in [0.3, 0.4) is 0 Å². The van der Waals surface area contributed by atoms with E-state index < -0.39 is 0 Å². The lowest BCUT2D eigenvalue weighted by Gasteiger charge is -2.09. The van der Waals surface area contributed by atoms with Gasteiger partial charge in [0.25, 0.3) is 0 Å². The molecule has 1 rings (SSSR count). The maximum absolute atomic E-state index is 11.5. The number of rotatable bonds is 6. The monoisotopic (exact) mass is 308 g/mol. The van der Waals surface area contributed by atoms with Gasteiger partial charge in [-0.25, -0.2) is 4.79 Å². The second-order valence-electron chi connectivity index (χ2n) is 4.06. The number of esters is 1. The lowest BCUT2D eigenvalue weighted by Crippen LogP contribution is -1.99. The van der Waals surface area contributed by atoms with Crippen molar-refractivity contribution in [3.8, 4) is 0 Å². The number of benzene rings is 1. The second kappa shape index (κ2) is 8.93. The van der Waals surface area contributed by atoms with E-state index in [1.807, 2.05) is 18.6 Å². The molecule has 0 bridgehead atoms. The van der Waals surface area contributed by atoms with Crippen molar-refractivity contribution in [1.29, 1.82) is 0 Å². The summed E-state index contributed by atoms with van der Waals surface area (Å²) in [5.74, 6) is -0.307. The molecule has 20 heavy (non-hydrogen) atoms. The lowest BCUT2D eigenvalue weighted by molar-refractivity contribution is -0.137. The number of aryl methyl sites for hydroxylation is 1. The summed E-state index contributed by atoms with van der Waals surface area (Å²) in [6.07, 6.45) is 7.41. The molecule has 1 aromatic carbocycles. The predicted molar refractivity (Wildman–Crippen MR) is 90.9 cm³/mol. The number of carbonyl (C=O) groups excluding carboxylic acids is 1. The van der Waals surface area contributed by atoms with Gasteiger partial charge >= 0.3 is 5.97 Å². The van der Waals surface area contributed by atoms with Gasteiger partial charge in [0.15, 0.2) is 0 Å². The van der Waals surface area contributed by atoms with Crippen LogP contribution < -0.4 is 0 Å². The SMILES string of the molecule is CCOC(=O)/C=C\C(=C(SC)SC)c1ccc(C)cc1. The zero-order valence-corrected chi connectivity index (χ0v) is 13.9. The number of ether oxygens (including phenoxy) is 1. The minimum Gasteiger partial charge on any atom is -0.463 e. The fourth-order valence-corrected chi connectivity index (χ4v) is 3.14. The van der Waals surface area contributed by atoms with E-state index in [9.17, 15) is 4.79 Å². The minimum absolute atomic E-state index is 0.307. The van der Waals surface area contributed by atoms with Gasteiger partial charge in [0.1, 0.15) is 0 Å². The van der Waals surface area contributed by atoms with E-state index in [1.165, 1.54) is 15.9 Å². The molecule has 0 aliphatic rings. The van der Waals surface area contributed by atoms with E-state index in [1.54, 1.807) is 30.4 Å². The van der Waals surface area contributed by atoms with Crippen LogP contribution in [0.15, 0.2) is 40.7 Å². The summed E-state index contributed by atoms with van der Waals surface area (Å²) in [5, 5.41) is 0. The van der Waals surface area contributed by atoms with Gasteiger partial charge in [-0.15, -0.1) is 23.5 Å². The number of hydrogen-bond acceptors (Lipinski definition) is 4. The van der Waals surface area contributed by atoms with E-state index in [0.717, 1.165) is 11.1 Å². The van der Waals surface area contributed by atoms with Crippen LogP contribution in [0.5, 0.6) is 0 Å². The van der Waals surface area contributed by atoms with E-state index in [4.69, 9.17) is 4.74 Å². The molecule has 1 aromatic rings. The maximum Gasteiger partial charge on any atom is 0.330 e. The fraction of sp³-hybridized carbons (Fsp3) is 0.312. The largest absolute Gasteiger partial charge is 0.463 e. The van der Waals surface area contributed by atoms with Crippen LogP contribution in [-0.4, -0.2) is 25.1 Å². The quantitative estimate of drug-likeness (QED) is 0.439. The molecular formula is C16H20O2S2. The molecule has 0 saturated carbocycles. The zero-order chi connectivity index (χ0) is 15.0.